The predicted octanol–water partition coefficient (Wildman–Crippen LogP) is 3.18. The van der Waals surface area contributed by atoms with E-state index in [0.29, 0.717) is 29.4 Å². The number of amides is 3. The minimum Gasteiger partial charge on any atom is -0.491 e. The molecule has 0 unspecified atom stereocenters. The van der Waals surface area contributed by atoms with Crippen LogP contribution in [0.2, 0.25) is 0 Å². The summed E-state index contributed by atoms with van der Waals surface area (Å²) < 4.78 is 5.69. The first-order valence-corrected chi connectivity index (χ1v) is 9.22. The number of carbonyl (C=O) groups is 3. The van der Waals surface area contributed by atoms with Gasteiger partial charge in [-0.1, -0.05) is 19.1 Å². The van der Waals surface area contributed by atoms with E-state index in [4.69, 9.17) is 4.74 Å². The number of anilines is 3. The van der Waals surface area contributed by atoms with E-state index in [1.807, 2.05) is 13.0 Å². The Morgan fingerprint density at radius 1 is 1.11 bits per heavy atom. The van der Waals surface area contributed by atoms with Crippen molar-refractivity contribution in [3.63, 3.8) is 0 Å². The first-order chi connectivity index (χ1) is 13.5. The van der Waals surface area contributed by atoms with Gasteiger partial charge in [-0.15, -0.1) is 0 Å². The maximum Gasteiger partial charge on any atom is 0.256 e. The lowest BCUT2D eigenvalue weighted by Gasteiger charge is -2.19. The summed E-state index contributed by atoms with van der Waals surface area (Å²) in [6.45, 7) is 3.94. The van der Waals surface area contributed by atoms with Crippen LogP contribution in [0.25, 0.3) is 0 Å². The number of benzene rings is 2. The first-order valence-electron chi connectivity index (χ1n) is 9.22. The molecular weight excluding hydrogens is 358 g/mol. The van der Waals surface area contributed by atoms with Crippen molar-refractivity contribution >= 4 is 34.8 Å². The summed E-state index contributed by atoms with van der Waals surface area (Å²) in [6, 6.07) is 13.4. The van der Waals surface area contributed by atoms with Crippen LogP contribution < -0.4 is 20.3 Å². The number of ether oxygens (including phenoxy) is 1. The number of hydrogen-bond acceptors (Lipinski definition) is 5. The molecule has 0 saturated carbocycles. The summed E-state index contributed by atoms with van der Waals surface area (Å²) in [4.78, 5) is 37.7. The molecule has 146 valence electrons. The third-order valence-electron chi connectivity index (χ3n) is 4.26. The van der Waals surface area contributed by atoms with E-state index in [9.17, 15) is 14.4 Å². The van der Waals surface area contributed by atoms with Crippen molar-refractivity contribution in [2.45, 2.75) is 32.7 Å². The lowest BCUT2D eigenvalue weighted by atomic mass is 10.2. The summed E-state index contributed by atoms with van der Waals surface area (Å²) in [7, 11) is 0. The molecule has 1 heterocycles. The molecule has 1 aliphatic rings. The summed E-state index contributed by atoms with van der Waals surface area (Å²) >= 11 is 0. The van der Waals surface area contributed by atoms with E-state index in [1.54, 1.807) is 42.5 Å². The second-order valence-corrected chi connectivity index (χ2v) is 6.54. The first kappa shape index (κ1) is 19.4. The number of carbonyl (C=O) groups excluding carboxylic acids is 3. The van der Waals surface area contributed by atoms with Crippen molar-refractivity contribution in [2.75, 3.05) is 22.1 Å². The molecule has 0 aliphatic carbocycles. The fraction of sp³-hybridized carbons (Fsp3) is 0.286. The van der Waals surface area contributed by atoms with Gasteiger partial charge in [0.15, 0.2) is 0 Å². The maximum atomic E-state index is 12.9. The van der Waals surface area contributed by atoms with E-state index in [0.717, 1.165) is 6.42 Å². The van der Waals surface area contributed by atoms with Gasteiger partial charge in [-0.05, 0) is 42.8 Å². The number of nitrogens with one attached hydrogen (secondary N) is 2. The monoisotopic (exact) mass is 381 g/mol. The fourth-order valence-electron chi connectivity index (χ4n) is 3.03. The van der Waals surface area contributed by atoms with Gasteiger partial charge in [-0.3, -0.25) is 14.4 Å². The van der Waals surface area contributed by atoms with Crippen LogP contribution >= 0.6 is 0 Å². The van der Waals surface area contributed by atoms with Crippen LogP contribution in [0.1, 0.15) is 26.7 Å². The zero-order chi connectivity index (χ0) is 20.1. The lowest BCUT2D eigenvalue weighted by molar-refractivity contribution is -0.121. The summed E-state index contributed by atoms with van der Waals surface area (Å²) in [5.41, 5.74) is 1.82. The molecular formula is C21H23N3O4. The number of nitrogens with zero attached hydrogens (tertiary/aromatic N) is 1. The third kappa shape index (κ3) is 4.31. The zero-order valence-electron chi connectivity index (χ0n) is 15.9. The molecule has 7 nitrogen and oxygen atoms in total. The molecule has 1 aliphatic heterocycles. The number of para-hydroxylation sites is 2. The van der Waals surface area contributed by atoms with Crippen molar-refractivity contribution < 1.29 is 19.1 Å². The van der Waals surface area contributed by atoms with Gasteiger partial charge >= 0.3 is 0 Å². The van der Waals surface area contributed by atoms with Gasteiger partial charge in [-0.2, -0.15) is 0 Å². The minimum absolute atomic E-state index is 0.0639. The van der Waals surface area contributed by atoms with Crippen molar-refractivity contribution in [3.8, 4) is 5.75 Å². The fourth-order valence-corrected chi connectivity index (χ4v) is 3.03. The summed E-state index contributed by atoms with van der Waals surface area (Å²) in [6.07, 6.45) is 0.892. The highest BCUT2D eigenvalue weighted by Gasteiger charge is 2.40. The lowest BCUT2D eigenvalue weighted by Crippen LogP contribution is -2.35. The van der Waals surface area contributed by atoms with E-state index in [-0.39, 0.29) is 24.1 Å². The van der Waals surface area contributed by atoms with Crippen LogP contribution in [-0.4, -0.2) is 30.4 Å². The Bertz CT molecular complexity index is 879. The molecule has 1 saturated heterocycles. The average molecular weight is 381 g/mol. The molecule has 2 aromatic rings. The Balaban J connectivity index is 1.74. The smallest absolute Gasteiger partial charge is 0.256 e. The van der Waals surface area contributed by atoms with Crippen LogP contribution in [0.3, 0.4) is 0 Å². The molecule has 3 amide bonds. The molecule has 2 aromatic carbocycles. The van der Waals surface area contributed by atoms with Gasteiger partial charge in [-0.25, -0.2) is 4.90 Å². The Labute approximate surface area is 163 Å². The Morgan fingerprint density at radius 3 is 2.46 bits per heavy atom. The molecule has 1 fully saturated rings. The molecule has 0 radical (unpaired) electrons. The molecule has 3 rings (SSSR count). The predicted molar refractivity (Wildman–Crippen MR) is 107 cm³/mol. The van der Waals surface area contributed by atoms with Gasteiger partial charge in [0.25, 0.3) is 5.91 Å². The molecule has 0 bridgehead atoms. The second-order valence-electron chi connectivity index (χ2n) is 6.54. The SMILES string of the molecule is CCCOc1ccccc1N1C(=O)C[C@@H](Nc2ccc(NC(C)=O)cc2)C1=O. The van der Waals surface area contributed by atoms with Crippen molar-refractivity contribution in [2.24, 2.45) is 0 Å². The number of rotatable bonds is 7. The van der Waals surface area contributed by atoms with Gasteiger partial charge in [0, 0.05) is 18.3 Å². The standard InChI is InChI=1S/C21H23N3O4/c1-3-12-28-19-7-5-4-6-18(19)24-20(26)13-17(21(24)27)23-16-10-8-15(9-11-16)22-14(2)25/h4-11,17,23H,3,12-13H2,1-2H3,(H,22,25)/t17-/m1/s1. The molecule has 28 heavy (non-hydrogen) atoms. The van der Waals surface area contributed by atoms with E-state index in [1.165, 1.54) is 11.8 Å². The second kappa shape index (κ2) is 8.56. The van der Waals surface area contributed by atoms with Gasteiger partial charge < -0.3 is 15.4 Å². The molecule has 0 spiro atoms. The molecule has 2 N–H and O–H groups in total. The average Bonchev–Trinajstić information content (AvgIpc) is 2.94. The van der Waals surface area contributed by atoms with Crippen LogP contribution in [0.5, 0.6) is 5.75 Å². The summed E-state index contributed by atoms with van der Waals surface area (Å²) in [5, 5.41) is 5.78. The van der Waals surface area contributed by atoms with E-state index >= 15 is 0 Å². The van der Waals surface area contributed by atoms with Crippen LogP contribution in [0.4, 0.5) is 17.1 Å². The normalized spacial score (nSPS) is 16.2. The van der Waals surface area contributed by atoms with Gasteiger partial charge in [0.2, 0.25) is 11.8 Å². The largest absolute Gasteiger partial charge is 0.491 e. The molecule has 1 atom stereocenters. The quantitative estimate of drug-likeness (QED) is 0.719. The van der Waals surface area contributed by atoms with Crippen molar-refractivity contribution in [1.29, 1.82) is 0 Å². The highest BCUT2D eigenvalue weighted by molar-refractivity contribution is 6.23. The molecule has 0 aromatic heterocycles. The van der Waals surface area contributed by atoms with Crippen LogP contribution in [-0.2, 0) is 14.4 Å². The van der Waals surface area contributed by atoms with Crippen molar-refractivity contribution in [3.05, 3.63) is 48.5 Å². The van der Waals surface area contributed by atoms with E-state index < -0.39 is 6.04 Å². The van der Waals surface area contributed by atoms with E-state index in [2.05, 4.69) is 10.6 Å². The third-order valence-corrected chi connectivity index (χ3v) is 4.26. The Hall–Kier alpha value is -3.35. The highest BCUT2D eigenvalue weighted by atomic mass is 16.5. The topological polar surface area (TPSA) is 87.7 Å². The van der Waals surface area contributed by atoms with Gasteiger partial charge in [0.1, 0.15) is 11.8 Å². The van der Waals surface area contributed by atoms with Gasteiger partial charge in [0.05, 0.1) is 18.7 Å². The minimum atomic E-state index is -0.654. The Morgan fingerprint density at radius 2 is 1.79 bits per heavy atom. The van der Waals surface area contributed by atoms with Crippen molar-refractivity contribution in [1.82, 2.24) is 0 Å². The van der Waals surface area contributed by atoms with Crippen LogP contribution in [0, 0.1) is 0 Å². The maximum absolute atomic E-state index is 12.9. The zero-order valence-corrected chi connectivity index (χ0v) is 15.9. The Kier molecular flexibility index (Phi) is 5.93. The summed E-state index contributed by atoms with van der Waals surface area (Å²) in [5.74, 6) is -0.225. The molecule has 7 heteroatoms. The number of imide groups is 1. The number of hydrogen-bond donors (Lipinski definition) is 2. The highest BCUT2D eigenvalue weighted by Crippen LogP contribution is 2.33. The van der Waals surface area contributed by atoms with Crippen LogP contribution in [0.15, 0.2) is 48.5 Å².